The van der Waals surface area contributed by atoms with Gasteiger partial charge in [-0.1, -0.05) is 29.8 Å². The monoisotopic (exact) mass is 474 g/mol. The summed E-state index contributed by atoms with van der Waals surface area (Å²) in [7, 11) is -2.93. The third-order valence-electron chi connectivity index (χ3n) is 7.85. The molecule has 180 valence electrons. The van der Waals surface area contributed by atoms with E-state index in [0.29, 0.717) is 12.5 Å². The quantitative estimate of drug-likeness (QED) is 0.360. The molecular weight excluding hydrogens is 437 g/mol. The molecular formula is C28H37F2O2P. The van der Waals surface area contributed by atoms with E-state index in [0.717, 1.165) is 61.0 Å². The lowest BCUT2D eigenvalue weighted by Gasteiger charge is -2.34. The molecule has 0 bridgehead atoms. The van der Waals surface area contributed by atoms with Gasteiger partial charge in [-0.05, 0) is 113 Å². The Bertz CT molecular complexity index is 1020. The van der Waals surface area contributed by atoms with Crippen molar-refractivity contribution in [1.82, 2.24) is 0 Å². The van der Waals surface area contributed by atoms with Crippen LogP contribution in [0, 0.1) is 24.6 Å². The number of halogens is 2. The molecule has 2 aliphatic rings. The van der Waals surface area contributed by atoms with E-state index in [1.165, 1.54) is 6.92 Å². The van der Waals surface area contributed by atoms with Crippen molar-refractivity contribution >= 4 is 7.14 Å². The first kappa shape index (κ1) is 24.5. The number of benzene rings is 2. The Labute approximate surface area is 197 Å². The number of alkyl halides is 1. The molecule has 0 spiro atoms. The lowest BCUT2D eigenvalue weighted by atomic mass is 9.78. The second kappa shape index (κ2) is 9.53. The molecule has 2 aliphatic carbocycles. The Morgan fingerprint density at radius 3 is 2.39 bits per heavy atom. The molecule has 0 amide bonds. The Kier molecular flexibility index (Phi) is 7.06. The molecule has 5 heteroatoms. The van der Waals surface area contributed by atoms with Crippen molar-refractivity contribution in [3.63, 3.8) is 0 Å². The van der Waals surface area contributed by atoms with Crippen molar-refractivity contribution in [2.75, 3.05) is 19.9 Å². The van der Waals surface area contributed by atoms with Gasteiger partial charge in [0.15, 0.2) is 5.41 Å². The van der Waals surface area contributed by atoms with E-state index in [2.05, 4.69) is 0 Å². The predicted octanol–water partition coefficient (Wildman–Crippen LogP) is 8.29. The van der Waals surface area contributed by atoms with Crippen molar-refractivity contribution in [2.24, 2.45) is 11.8 Å². The fourth-order valence-corrected chi connectivity index (χ4v) is 6.43. The molecule has 2 nitrogen and oxygen atoms in total. The Morgan fingerprint density at radius 1 is 1.06 bits per heavy atom. The molecule has 0 heterocycles. The third kappa shape index (κ3) is 5.53. The number of hydrogen-bond donors (Lipinski definition) is 0. The standard InChI is InChI=1S/C28H37F2O2P/c1-19-8-15-26(29)25(16-19)21-11-9-20(10-12-21)18-32-24-7-5-6-23(17-24)27(22-13-14-22)28(2,30)33(3,4)31/h5-8,15-17,20-22,27H,9-14,18H2,1-4H3/t20?,21?,27-,28-/m0/s1. The van der Waals surface area contributed by atoms with Crippen molar-refractivity contribution in [3.8, 4) is 5.75 Å². The maximum absolute atomic E-state index is 15.7. The highest BCUT2D eigenvalue weighted by atomic mass is 31.2. The summed E-state index contributed by atoms with van der Waals surface area (Å²) < 4.78 is 48.9. The Balaban J connectivity index is 1.38. The molecule has 0 N–H and O–H groups in total. The molecule has 0 aromatic heterocycles. The molecule has 0 unspecified atom stereocenters. The van der Waals surface area contributed by atoms with Crippen LogP contribution < -0.4 is 4.74 Å². The summed E-state index contributed by atoms with van der Waals surface area (Å²) in [5, 5.41) is -1.73. The van der Waals surface area contributed by atoms with Gasteiger partial charge < -0.3 is 9.30 Å². The number of hydrogen-bond acceptors (Lipinski definition) is 2. The largest absolute Gasteiger partial charge is 0.493 e. The molecule has 2 aromatic carbocycles. The first-order valence-electron chi connectivity index (χ1n) is 12.3. The van der Waals surface area contributed by atoms with Crippen LogP contribution in [0.2, 0.25) is 0 Å². The molecule has 0 saturated heterocycles. The average Bonchev–Trinajstić information content (AvgIpc) is 3.59. The van der Waals surface area contributed by atoms with E-state index in [1.54, 1.807) is 19.4 Å². The van der Waals surface area contributed by atoms with E-state index < -0.39 is 12.6 Å². The van der Waals surface area contributed by atoms with Crippen molar-refractivity contribution in [1.29, 1.82) is 0 Å². The minimum atomic E-state index is -2.93. The first-order chi connectivity index (χ1) is 15.6. The normalized spacial score (nSPS) is 24.2. The summed E-state index contributed by atoms with van der Waals surface area (Å²) in [6.45, 7) is 7.26. The highest BCUT2D eigenvalue weighted by molar-refractivity contribution is 7.63. The van der Waals surface area contributed by atoms with Gasteiger partial charge in [-0.15, -0.1) is 0 Å². The van der Waals surface area contributed by atoms with Gasteiger partial charge in [0.25, 0.3) is 0 Å². The van der Waals surface area contributed by atoms with Gasteiger partial charge >= 0.3 is 0 Å². The van der Waals surface area contributed by atoms with Gasteiger partial charge in [0.1, 0.15) is 18.7 Å². The zero-order valence-corrected chi connectivity index (χ0v) is 21.2. The zero-order valence-electron chi connectivity index (χ0n) is 20.3. The number of aryl methyl sites for hydroxylation is 1. The van der Waals surface area contributed by atoms with Crippen LogP contribution in [-0.2, 0) is 4.57 Å². The van der Waals surface area contributed by atoms with Crippen molar-refractivity contribution in [2.45, 2.75) is 69.6 Å². The fraction of sp³-hybridized carbons (Fsp3) is 0.571. The van der Waals surface area contributed by atoms with Gasteiger partial charge in [-0.25, -0.2) is 8.78 Å². The van der Waals surface area contributed by atoms with Crippen molar-refractivity contribution < 1.29 is 18.1 Å². The van der Waals surface area contributed by atoms with Crippen LogP contribution >= 0.6 is 7.14 Å². The summed E-state index contributed by atoms with van der Waals surface area (Å²) in [6.07, 6.45) is 5.95. The van der Waals surface area contributed by atoms with Gasteiger partial charge in [0.2, 0.25) is 0 Å². The third-order valence-corrected chi connectivity index (χ3v) is 10.2. The van der Waals surface area contributed by atoms with Gasteiger partial charge in [-0.2, -0.15) is 0 Å². The second-order valence-electron chi connectivity index (χ2n) is 10.8. The molecule has 2 fully saturated rings. The lowest BCUT2D eigenvalue weighted by molar-refractivity contribution is 0.198. The summed E-state index contributed by atoms with van der Waals surface area (Å²) >= 11 is 0. The molecule has 33 heavy (non-hydrogen) atoms. The SMILES string of the molecule is Cc1ccc(F)c(C2CCC(COc3cccc([C@H](C4CC4)[C@@](C)(F)P(C)(C)=O)c3)CC2)c1. The second-order valence-corrected chi connectivity index (χ2v) is 14.4. The highest BCUT2D eigenvalue weighted by Gasteiger charge is 2.51. The van der Waals surface area contributed by atoms with E-state index >= 15 is 4.39 Å². The number of rotatable bonds is 8. The van der Waals surface area contributed by atoms with Crippen molar-refractivity contribution in [3.05, 3.63) is 65.0 Å². The van der Waals surface area contributed by atoms with Crippen LogP contribution in [0.1, 0.15) is 74.0 Å². The van der Waals surface area contributed by atoms with Crippen LogP contribution in [-0.4, -0.2) is 25.3 Å². The first-order valence-corrected chi connectivity index (χ1v) is 14.9. The zero-order chi connectivity index (χ0) is 23.8. The minimum absolute atomic E-state index is 0.0918. The fourth-order valence-electron chi connectivity index (χ4n) is 5.40. The lowest BCUT2D eigenvalue weighted by Crippen LogP contribution is -2.29. The molecule has 2 saturated carbocycles. The summed E-state index contributed by atoms with van der Waals surface area (Å²) in [5.41, 5.74) is 2.85. The maximum Gasteiger partial charge on any atom is 0.167 e. The molecule has 2 atom stereocenters. The van der Waals surface area contributed by atoms with Crippen LogP contribution in [0.5, 0.6) is 5.75 Å². The summed E-state index contributed by atoms with van der Waals surface area (Å²) in [6, 6.07) is 13.1. The minimum Gasteiger partial charge on any atom is -0.493 e. The van der Waals surface area contributed by atoms with Gasteiger partial charge in [-0.3, -0.25) is 0 Å². The van der Waals surface area contributed by atoms with E-state index in [1.807, 2.05) is 43.3 Å². The topological polar surface area (TPSA) is 26.3 Å². The molecule has 0 radical (unpaired) electrons. The van der Waals surface area contributed by atoms with Gasteiger partial charge in [0, 0.05) is 5.92 Å². The smallest absolute Gasteiger partial charge is 0.167 e. The van der Waals surface area contributed by atoms with Crippen LogP contribution in [0.25, 0.3) is 0 Å². The van der Waals surface area contributed by atoms with E-state index in [-0.39, 0.29) is 23.6 Å². The Morgan fingerprint density at radius 2 is 1.76 bits per heavy atom. The van der Waals surface area contributed by atoms with Crippen LogP contribution in [0.3, 0.4) is 0 Å². The summed E-state index contributed by atoms with van der Waals surface area (Å²) in [4.78, 5) is 0. The molecule has 4 rings (SSSR count). The average molecular weight is 475 g/mol. The van der Waals surface area contributed by atoms with E-state index in [4.69, 9.17) is 4.74 Å². The molecule has 0 aliphatic heterocycles. The predicted molar refractivity (Wildman–Crippen MR) is 132 cm³/mol. The van der Waals surface area contributed by atoms with Crippen LogP contribution in [0.4, 0.5) is 8.78 Å². The molecule has 2 aromatic rings. The highest BCUT2D eigenvalue weighted by Crippen LogP contribution is 2.64. The van der Waals surface area contributed by atoms with Crippen LogP contribution in [0.15, 0.2) is 42.5 Å². The number of ether oxygens (including phenoxy) is 1. The maximum atomic E-state index is 15.7. The Hall–Kier alpha value is -1.67. The van der Waals surface area contributed by atoms with E-state index in [9.17, 15) is 8.96 Å². The van der Waals surface area contributed by atoms with Gasteiger partial charge in [0.05, 0.1) is 6.61 Å². The summed E-state index contributed by atoms with van der Waals surface area (Å²) in [5.74, 6) is 1.27.